The summed E-state index contributed by atoms with van der Waals surface area (Å²) in [6.07, 6.45) is 6.40. The van der Waals surface area contributed by atoms with Gasteiger partial charge in [0.25, 0.3) is 0 Å². The molecular weight excluding hydrogens is 440 g/mol. The van der Waals surface area contributed by atoms with Crippen LogP contribution in [0.2, 0.25) is 0 Å². The number of pyridine rings is 1. The van der Waals surface area contributed by atoms with Gasteiger partial charge in [0.1, 0.15) is 17.8 Å². The highest BCUT2D eigenvalue weighted by Crippen LogP contribution is 2.41. The highest BCUT2D eigenvalue weighted by Gasteiger charge is 2.41. The Morgan fingerprint density at radius 3 is 2.60 bits per heavy atom. The van der Waals surface area contributed by atoms with E-state index in [1.807, 2.05) is 30.5 Å². The Kier molecular flexibility index (Phi) is 6.38. The summed E-state index contributed by atoms with van der Waals surface area (Å²) >= 11 is 0. The van der Waals surface area contributed by atoms with Crippen LogP contribution in [0, 0.1) is 6.92 Å². The van der Waals surface area contributed by atoms with Gasteiger partial charge in [-0.15, -0.1) is 0 Å². The van der Waals surface area contributed by atoms with Crippen molar-refractivity contribution in [2.45, 2.75) is 45.3 Å². The number of imidazole rings is 1. The fourth-order valence-electron chi connectivity index (χ4n) is 4.02. The largest absolute Gasteiger partial charge is 0.478 e. The van der Waals surface area contributed by atoms with E-state index in [1.54, 1.807) is 6.33 Å². The maximum Gasteiger partial charge on any atom is 0.245 e. The first-order chi connectivity index (χ1) is 16.9. The summed E-state index contributed by atoms with van der Waals surface area (Å²) in [5, 5.41) is 0. The van der Waals surface area contributed by atoms with Gasteiger partial charge in [0, 0.05) is 24.4 Å². The first-order valence-electron chi connectivity index (χ1n) is 12.1. The summed E-state index contributed by atoms with van der Waals surface area (Å²) in [4.78, 5) is 20.8. The van der Waals surface area contributed by atoms with Gasteiger partial charge >= 0.3 is 0 Å². The number of fused-ring (bicyclic) bond motifs is 1. The molecule has 0 amide bonds. The third-order valence-electron chi connectivity index (χ3n) is 6.31. The van der Waals surface area contributed by atoms with Crippen molar-refractivity contribution in [3.8, 4) is 23.1 Å². The Hall–Kier alpha value is -3.52. The van der Waals surface area contributed by atoms with Crippen molar-refractivity contribution in [1.82, 2.24) is 29.4 Å². The van der Waals surface area contributed by atoms with Crippen molar-refractivity contribution in [1.29, 1.82) is 0 Å². The van der Waals surface area contributed by atoms with Crippen LogP contribution in [-0.2, 0) is 6.54 Å². The molecule has 8 heteroatoms. The molecule has 4 aromatic rings. The van der Waals surface area contributed by atoms with Crippen LogP contribution in [0.25, 0.3) is 22.6 Å². The predicted octanol–water partition coefficient (Wildman–Crippen LogP) is 4.51. The number of rotatable bonds is 10. The average molecular weight is 473 g/mol. The minimum absolute atomic E-state index is 0.159. The second-order valence-electron chi connectivity index (χ2n) is 9.75. The Morgan fingerprint density at radius 1 is 1.09 bits per heavy atom. The second-order valence-corrected chi connectivity index (χ2v) is 9.75. The standard InChI is InChI=1S/C27H32N6O2/c1-19-15-22(34-14-8-13-32(3)4)28-16-21(19)24-31-23-25(33(24)17-20-9-6-5-7-10-20)29-18-30-26(23)35-27(2)11-12-27/h5-7,9-10,15-16,18H,8,11-14,17H2,1-4H3. The van der Waals surface area contributed by atoms with Crippen molar-refractivity contribution in [2.75, 3.05) is 27.2 Å². The Bertz CT molecular complexity index is 1310. The summed E-state index contributed by atoms with van der Waals surface area (Å²) < 4.78 is 14.2. The van der Waals surface area contributed by atoms with Gasteiger partial charge in [-0.3, -0.25) is 0 Å². The number of benzene rings is 1. The Morgan fingerprint density at radius 2 is 1.89 bits per heavy atom. The van der Waals surface area contributed by atoms with Gasteiger partial charge in [-0.2, -0.15) is 4.98 Å². The molecule has 0 unspecified atom stereocenters. The summed E-state index contributed by atoms with van der Waals surface area (Å²) in [7, 11) is 4.12. The van der Waals surface area contributed by atoms with E-state index in [-0.39, 0.29) is 5.60 Å². The van der Waals surface area contributed by atoms with E-state index >= 15 is 0 Å². The zero-order valence-electron chi connectivity index (χ0n) is 20.9. The molecule has 0 spiro atoms. The maximum absolute atomic E-state index is 6.24. The topological polar surface area (TPSA) is 78.2 Å². The molecule has 8 nitrogen and oxygen atoms in total. The smallest absolute Gasteiger partial charge is 0.245 e. The monoisotopic (exact) mass is 472 g/mol. The normalized spacial score (nSPS) is 14.4. The fraction of sp³-hybridized carbons (Fsp3) is 0.407. The summed E-state index contributed by atoms with van der Waals surface area (Å²) in [5.41, 5.74) is 4.40. The van der Waals surface area contributed by atoms with E-state index in [0.29, 0.717) is 30.4 Å². The molecule has 0 N–H and O–H groups in total. The van der Waals surface area contributed by atoms with Crippen LogP contribution in [0.1, 0.15) is 37.3 Å². The van der Waals surface area contributed by atoms with Gasteiger partial charge in [0.15, 0.2) is 11.2 Å². The molecule has 0 saturated heterocycles. The molecule has 0 aliphatic heterocycles. The van der Waals surface area contributed by atoms with Crippen molar-refractivity contribution >= 4 is 11.2 Å². The first-order valence-corrected chi connectivity index (χ1v) is 12.1. The van der Waals surface area contributed by atoms with Crippen molar-refractivity contribution in [3.63, 3.8) is 0 Å². The number of hydrogen-bond donors (Lipinski definition) is 0. The zero-order valence-corrected chi connectivity index (χ0v) is 20.9. The minimum atomic E-state index is -0.159. The van der Waals surface area contributed by atoms with Gasteiger partial charge in [0.2, 0.25) is 11.8 Å². The molecule has 1 fully saturated rings. The molecule has 1 saturated carbocycles. The number of hydrogen-bond acceptors (Lipinski definition) is 7. The summed E-state index contributed by atoms with van der Waals surface area (Å²) in [6.45, 7) is 6.40. The molecule has 5 rings (SSSR count). The van der Waals surface area contributed by atoms with Crippen LogP contribution in [-0.4, -0.2) is 62.3 Å². The van der Waals surface area contributed by atoms with E-state index in [0.717, 1.165) is 54.0 Å². The third kappa shape index (κ3) is 5.27. The first kappa shape index (κ1) is 23.2. The van der Waals surface area contributed by atoms with Crippen molar-refractivity contribution < 1.29 is 9.47 Å². The lowest BCUT2D eigenvalue weighted by Crippen LogP contribution is -2.15. The molecule has 3 heterocycles. The van der Waals surface area contributed by atoms with Gasteiger partial charge in [-0.25, -0.2) is 15.0 Å². The SMILES string of the molecule is Cc1cc(OCCCN(C)C)ncc1-c1nc2c(OC3(C)CC3)ncnc2n1Cc1ccccc1. The van der Waals surface area contributed by atoms with Crippen LogP contribution in [0.15, 0.2) is 48.9 Å². The maximum atomic E-state index is 6.24. The highest BCUT2D eigenvalue weighted by atomic mass is 16.5. The molecule has 1 aliphatic carbocycles. The summed E-state index contributed by atoms with van der Waals surface area (Å²) in [5.74, 6) is 1.95. The Labute approximate surface area is 206 Å². The van der Waals surface area contributed by atoms with Crippen LogP contribution in [0.5, 0.6) is 11.8 Å². The third-order valence-corrected chi connectivity index (χ3v) is 6.31. The second kappa shape index (κ2) is 9.62. The highest BCUT2D eigenvalue weighted by molar-refractivity contribution is 5.82. The van der Waals surface area contributed by atoms with Gasteiger partial charge in [0.05, 0.1) is 13.2 Å². The number of nitrogens with zero attached hydrogens (tertiary/aromatic N) is 6. The number of aromatic nitrogens is 5. The molecular formula is C27H32N6O2. The molecule has 1 aliphatic rings. The molecule has 182 valence electrons. The van der Waals surface area contributed by atoms with Gasteiger partial charge in [-0.1, -0.05) is 30.3 Å². The van der Waals surface area contributed by atoms with E-state index in [1.165, 1.54) is 0 Å². The molecule has 1 aromatic carbocycles. The lowest BCUT2D eigenvalue weighted by atomic mass is 10.1. The van der Waals surface area contributed by atoms with Gasteiger partial charge < -0.3 is 18.9 Å². The lowest BCUT2D eigenvalue weighted by molar-refractivity contribution is 0.194. The quantitative estimate of drug-likeness (QED) is 0.314. The van der Waals surface area contributed by atoms with E-state index in [4.69, 9.17) is 14.5 Å². The molecule has 0 atom stereocenters. The molecule has 3 aromatic heterocycles. The number of aryl methyl sites for hydroxylation is 1. The van der Waals surface area contributed by atoms with E-state index in [2.05, 4.69) is 64.5 Å². The van der Waals surface area contributed by atoms with Crippen LogP contribution in [0.3, 0.4) is 0 Å². The van der Waals surface area contributed by atoms with Crippen LogP contribution < -0.4 is 9.47 Å². The number of ether oxygens (including phenoxy) is 2. The molecule has 35 heavy (non-hydrogen) atoms. The van der Waals surface area contributed by atoms with Gasteiger partial charge in [-0.05, 0) is 58.3 Å². The van der Waals surface area contributed by atoms with E-state index in [9.17, 15) is 0 Å². The molecule has 0 bridgehead atoms. The minimum Gasteiger partial charge on any atom is -0.478 e. The average Bonchev–Trinajstić information content (AvgIpc) is 3.46. The van der Waals surface area contributed by atoms with Crippen molar-refractivity contribution in [3.05, 3.63) is 60.0 Å². The predicted molar refractivity (Wildman–Crippen MR) is 136 cm³/mol. The van der Waals surface area contributed by atoms with Crippen molar-refractivity contribution in [2.24, 2.45) is 0 Å². The van der Waals surface area contributed by atoms with Crippen LogP contribution in [0.4, 0.5) is 0 Å². The van der Waals surface area contributed by atoms with E-state index < -0.39 is 0 Å². The lowest BCUT2D eigenvalue weighted by Gasteiger charge is -2.13. The fourth-order valence-corrected chi connectivity index (χ4v) is 4.02. The zero-order chi connectivity index (χ0) is 24.4. The summed E-state index contributed by atoms with van der Waals surface area (Å²) in [6, 6.07) is 12.3. The molecule has 0 radical (unpaired) electrons. The Balaban J connectivity index is 1.52. The van der Waals surface area contributed by atoms with Crippen LogP contribution >= 0.6 is 0 Å².